The van der Waals surface area contributed by atoms with Gasteiger partial charge in [-0.2, -0.15) is 0 Å². The molecule has 0 N–H and O–H groups in total. The molecule has 3 nitrogen and oxygen atoms in total. The van der Waals surface area contributed by atoms with Crippen molar-refractivity contribution in [2.75, 3.05) is 7.11 Å². The van der Waals surface area contributed by atoms with Crippen molar-refractivity contribution in [3.63, 3.8) is 0 Å². The van der Waals surface area contributed by atoms with Gasteiger partial charge >= 0.3 is 0 Å². The maximum absolute atomic E-state index is 5.95. The maximum Gasteiger partial charge on any atom is 0.145 e. The largest absolute Gasteiger partial charge is 0.455 e. The van der Waals surface area contributed by atoms with Gasteiger partial charge in [-0.15, -0.1) is 0 Å². The molecule has 3 rings (SSSR count). The zero-order valence-electron chi connectivity index (χ0n) is 11.2. The van der Waals surface area contributed by atoms with Gasteiger partial charge in [0.15, 0.2) is 0 Å². The van der Waals surface area contributed by atoms with Crippen molar-refractivity contribution in [1.82, 2.24) is 4.98 Å². The summed E-state index contributed by atoms with van der Waals surface area (Å²) in [6, 6.07) is 10.1. The van der Waals surface area contributed by atoms with Gasteiger partial charge < -0.3 is 9.47 Å². The van der Waals surface area contributed by atoms with E-state index in [0.29, 0.717) is 0 Å². The Morgan fingerprint density at radius 3 is 2.84 bits per heavy atom. The number of rotatable bonds is 3. The highest BCUT2D eigenvalue weighted by Crippen LogP contribution is 2.39. The number of pyridine rings is 1. The molecule has 0 saturated carbocycles. The second-order valence-corrected chi connectivity index (χ2v) is 4.82. The molecule has 1 heterocycles. The molecule has 0 fully saturated rings. The summed E-state index contributed by atoms with van der Waals surface area (Å²) in [5.41, 5.74) is 3.50. The van der Waals surface area contributed by atoms with Crippen LogP contribution in [0.3, 0.4) is 0 Å². The molecule has 0 amide bonds. The van der Waals surface area contributed by atoms with E-state index in [1.54, 1.807) is 13.3 Å². The van der Waals surface area contributed by atoms with Gasteiger partial charge in [0, 0.05) is 18.4 Å². The number of nitrogens with zero attached hydrogens (tertiary/aromatic N) is 1. The van der Waals surface area contributed by atoms with E-state index in [2.05, 4.69) is 11.1 Å². The summed E-state index contributed by atoms with van der Waals surface area (Å²) >= 11 is 0. The molecule has 1 aromatic heterocycles. The summed E-state index contributed by atoms with van der Waals surface area (Å²) in [6.07, 6.45) is 3.99. The maximum atomic E-state index is 5.95. The lowest BCUT2D eigenvalue weighted by molar-refractivity contribution is 0.105. The summed E-state index contributed by atoms with van der Waals surface area (Å²) in [5, 5.41) is 0. The smallest absolute Gasteiger partial charge is 0.145 e. The first-order valence-electron chi connectivity index (χ1n) is 6.53. The van der Waals surface area contributed by atoms with Crippen molar-refractivity contribution in [3.05, 3.63) is 53.3 Å². The molecule has 0 radical (unpaired) electrons. The molecule has 0 saturated heterocycles. The van der Waals surface area contributed by atoms with Crippen molar-refractivity contribution in [1.29, 1.82) is 0 Å². The van der Waals surface area contributed by atoms with Crippen molar-refractivity contribution in [3.8, 4) is 11.5 Å². The first-order valence-corrected chi connectivity index (χ1v) is 6.53. The van der Waals surface area contributed by atoms with Crippen LogP contribution in [0.25, 0.3) is 0 Å². The van der Waals surface area contributed by atoms with Crippen LogP contribution in [0.5, 0.6) is 11.5 Å². The van der Waals surface area contributed by atoms with Gasteiger partial charge in [-0.1, -0.05) is 12.1 Å². The van der Waals surface area contributed by atoms with E-state index in [4.69, 9.17) is 9.47 Å². The first-order chi connectivity index (χ1) is 9.28. The molecule has 1 atom stereocenters. The van der Waals surface area contributed by atoms with Gasteiger partial charge in [-0.25, -0.2) is 0 Å². The molecule has 0 bridgehead atoms. The minimum Gasteiger partial charge on any atom is -0.455 e. The van der Waals surface area contributed by atoms with E-state index in [9.17, 15) is 0 Å². The zero-order chi connectivity index (χ0) is 13.2. The quantitative estimate of drug-likeness (QED) is 0.835. The van der Waals surface area contributed by atoms with Crippen molar-refractivity contribution >= 4 is 0 Å². The predicted octanol–water partition coefficient (Wildman–Crippen LogP) is 3.82. The van der Waals surface area contributed by atoms with Crippen LogP contribution in [0.2, 0.25) is 0 Å². The number of ether oxygens (including phenoxy) is 2. The van der Waals surface area contributed by atoms with Gasteiger partial charge in [-0.3, -0.25) is 4.98 Å². The van der Waals surface area contributed by atoms with Crippen LogP contribution in [-0.2, 0) is 11.2 Å². The third-order valence-electron chi connectivity index (χ3n) is 3.57. The predicted molar refractivity (Wildman–Crippen MR) is 73.6 cm³/mol. The molecule has 1 aliphatic rings. The molecular weight excluding hydrogens is 238 g/mol. The van der Waals surface area contributed by atoms with Crippen molar-refractivity contribution < 1.29 is 9.47 Å². The Morgan fingerprint density at radius 2 is 2.11 bits per heavy atom. The Kier molecular flexibility index (Phi) is 3.22. The van der Waals surface area contributed by atoms with Crippen LogP contribution < -0.4 is 4.74 Å². The number of methoxy groups -OCH3 is 1. The number of fused-ring (bicyclic) bond motifs is 1. The lowest BCUT2D eigenvalue weighted by atomic mass is 10.1. The summed E-state index contributed by atoms with van der Waals surface area (Å²) in [5.74, 6) is 1.70. The summed E-state index contributed by atoms with van der Waals surface area (Å²) in [4.78, 5) is 4.25. The molecule has 1 unspecified atom stereocenters. The number of hydrogen-bond donors (Lipinski definition) is 0. The topological polar surface area (TPSA) is 31.4 Å². The zero-order valence-corrected chi connectivity index (χ0v) is 11.2. The van der Waals surface area contributed by atoms with Crippen LogP contribution in [0.15, 0.2) is 36.5 Å². The molecule has 1 aliphatic carbocycles. The van der Waals surface area contributed by atoms with E-state index in [-0.39, 0.29) is 6.10 Å². The fourth-order valence-corrected chi connectivity index (χ4v) is 2.56. The first kappa shape index (κ1) is 12.2. The third-order valence-corrected chi connectivity index (χ3v) is 3.57. The van der Waals surface area contributed by atoms with Crippen LogP contribution in [0.1, 0.15) is 29.3 Å². The Balaban J connectivity index is 1.90. The van der Waals surface area contributed by atoms with Crippen molar-refractivity contribution in [2.45, 2.75) is 25.9 Å². The van der Waals surface area contributed by atoms with Gasteiger partial charge in [0.1, 0.15) is 11.5 Å². The Bertz CT molecular complexity index is 578. The van der Waals surface area contributed by atoms with Crippen LogP contribution in [0, 0.1) is 6.92 Å². The molecule has 3 heteroatoms. The summed E-state index contributed by atoms with van der Waals surface area (Å²) in [6.45, 7) is 1.97. The van der Waals surface area contributed by atoms with Gasteiger partial charge in [0.25, 0.3) is 0 Å². The van der Waals surface area contributed by atoms with E-state index in [1.165, 1.54) is 11.1 Å². The Hall–Kier alpha value is -1.87. The third kappa shape index (κ3) is 2.34. The SMILES string of the molecule is COC1CCc2c(Oc3ccc(C)nc3)cccc21. The monoisotopic (exact) mass is 255 g/mol. The molecule has 2 aromatic rings. The number of benzene rings is 1. The van der Waals surface area contributed by atoms with Crippen LogP contribution in [0.4, 0.5) is 0 Å². The lowest BCUT2D eigenvalue weighted by Gasteiger charge is -2.12. The second kappa shape index (κ2) is 5.02. The highest BCUT2D eigenvalue weighted by Gasteiger charge is 2.25. The molecule has 0 spiro atoms. The van der Waals surface area contributed by atoms with Crippen LogP contribution >= 0.6 is 0 Å². The van der Waals surface area contributed by atoms with E-state index >= 15 is 0 Å². The van der Waals surface area contributed by atoms with Crippen LogP contribution in [-0.4, -0.2) is 12.1 Å². The lowest BCUT2D eigenvalue weighted by Crippen LogP contribution is -1.96. The summed E-state index contributed by atoms with van der Waals surface area (Å²) < 4.78 is 11.4. The standard InChI is InChI=1S/C16H17NO2/c1-11-6-7-12(10-17-11)19-16-5-3-4-13-14(16)8-9-15(13)18-2/h3-7,10,15H,8-9H2,1-2H3. The van der Waals surface area contributed by atoms with E-state index in [1.807, 2.05) is 31.2 Å². The van der Waals surface area contributed by atoms with Gasteiger partial charge in [0.2, 0.25) is 0 Å². The minimum absolute atomic E-state index is 0.203. The van der Waals surface area contributed by atoms with Gasteiger partial charge in [0.05, 0.1) is 12.3 Å². The molecule has 1 aromatic carbocycles. The fraction of sp³-hybridized carbons (Fsp3) is 0.312. The Labute approximate surface area is 113 Å². The molecule has 98 valence electrons. The number of aromatic nitrogens is 1. The van der Waals surface area contributed by atoms with Crippen molar-refractivity contribution in [2.24, 2.45) is 0 Å². The highest BCUT2D eigenvalue weighted by molar-refractivity contribution is 5.46. The molecule has 19 heavy (non-hydrogen) atoms. The van der Waals surface area contributed by atoms with E-state index < -0.39 is 0 Å². The Morgan fingerprint density at radius 1 is 1.21 bits per heavy atom. The molecule has 0 aliphatic heterocycles. The second-order valence-electron chi connectivity index (χ2n) is 4.82. The number of aryl methyl sites for hydroxylation is 1. The average molecular weight is 255 g/mol. The summed E-state index contributed by atoms with van der Waals surface area (Å²) in [7, 11) is 1.76. The van der Waals surface area contributed by atoms with Gasteiger partial charge in [-0.05, 0) is 43.5 Å². The van der Waals surface area contributed by atoms with E-state index in [0.717, 1.165) is 30.0 Å². The number of hydrogen-bond acceptors (Lipinski definition) is 3. The molecular formula is C16H17NO2. The average Bonchev–Trinajstić information content (AvgIpc) is 2.85. The highest BCUT2D eigenvalue weighted by atomic mass is 16.5. The fourth-order valence-electron chi connectivity index (χ4n) is 2.56. The minimum atomic E-state index is 0.203. The normalized spacial score (nSPS) is 17.3.